The van der Waals surface area contributed by atoms with Gasteiger partial charge in [-0.15, -0.1) is 11.3 Å². The van der Waals surface area contributed by atoms with Crippen LogP contribution in [0.5, 0.6) is 0 Å². The van der Waals surface area contributed by atoms with Gasteiger partial charge < -0.3 is 10.0 Å². The minimum Gasteiger partial charge on any atom is -0.481 e. The third-order valence-electron chi connectivity index (χ3n) is 4.32. The standard InChI is InChI=1S/C16H23NO3S/c1-4-6-12-9-14(21-11(12)3)15(18)17-8-5-7-13(10(17)2)16(19)20/h9-10,13H,4-8H2,1-3H3,(H,19,20)/t10-,13-/m0/s1. The molecule has 0 bridgehead atoms. The summed E-state index contributed by atoms with van der Waals surface area (Å²) in [7, 11) is 0. The molecule has 1 fully saturated rings. The Morgan fingerprint density at radius 3 is 2.81 bits per heavy atom. The minimum atomic E-state index is -0.797. The molecule has 0 unspecified atom stereocenters. The molecule has 1 N–H and O–H groups in total. The highest BCUT2D eigenvalue weighted by atomic mass is 32.1. The zero-order chi connectivity index (χ0) is 15.6. The molecule has 2 rings (SSSR count). The van der Waals surface area contributed by atoms with Gasteiger partial charge in [-0.1, -0.05) is 13.3 Å². The molecule has 5 heteroatoms. The Labute approximate surface area is 129 Å². The van der Waals surface area contributed by atoms with Crippen molar-refractivity contribution in [1.29, 1.82) is 0 Å². The second-order valence-electron chi connectivity index (χ2n) is 5.77. The number of rotatable bonds is 4. The largest absolute Gasteiger partial charge is 0.481 e. The van der Waals surface area contributed by atoms with Crippen LogP contribution in [0.2, 0.25) is 0 Å². The molecule has 4 nitrogen and oxygen atoms in total. The summed E-state index contributed by atoms with van der Waals surface area (Å²) in [6.07, 6.45) is 3.47. The fourth-order valence-corrected chi connectivity index (χ4v) is 4.07. The number of aliphatic carboxylic acids is 1. The molecule has 0 saturated carbocycles. The number of amides is 1. The molecule has 0 aliphatic carbocycles. The molecule has 0 spiro atoms. The summed E-state index contributed by atoms with van der Waals surface area (Å²) in [5, 5.41) is 9.26. The summed E-state index contributed by atoms with van der Waals surface area (Å²) in [5.41, 5.74) is 1.24. The van der Waals surface area contributed by atoms with E-state index in [2.05, 4.69) is 6.92 Å². The molecule has 1 aromatic heterocycles. The highest BCUT2D eigenvalue weighted by molar-refractivity contribution is 7.14. The van der Waals surface area contributed by atoms with Crippen LogP contribution >= 0.6 is 11.3 Å². The fourth-order valence-electron chi connectivity index (χ4n) is 3.04. The lowest BCUT2D eigenvalue weighted by molar-refractivity contribution is -0.144. The minimum absolute atomic E-state index is 0.0103. The van der Waals surface area contributed by atoms with E-state index in [1.165, 1.54) is 21.8 Å². The third kappa shape index (κ3) is 3.28. The number of nitrogens with zero attached hydrogens (tertiary/aromatic N) is 1. The Hall–Kier alpha value is -1.36. The van der Waals surface area contributed by atoms with E-state index in [1.807, 2.05) is 19.9 Å². The lowest BCUT2D eigenvalue weighted by Gasteiger charge is -2.37. The second kappa shape index (κ2) is 6.60. The van der Waals surface area contributed by atoms with E-state index in [9.17, 15) is 14.7 Å². The van der Waals surface area contributed by atoms with Crippen LogP contribution in [0.4, 0.5) is 0 Å². The first-order valence-corrected chi connectivity index (χ1v) is 8.40. The first kappa shape index (κ1) is 16.0. The van der Waals surface area contributed by atoms with Gasteiger partial charge in [0, 0.05) is 17.5 Å². The Kier molecular flexibility index (Phi) is 5.04. The molecular weight excluding hydrogens is 286 g/mol. The molecule has 2 heterocycles. The van der Waals surface area contributed by atoms with Crippen LogP contribution in [0, 0.1) is 12.8 Å². The lowest BCUT2D eigenvalue weighted by Crippen LogP contribution is -2.48. The summed E-state index contributed by atoms with van der Waals surface area (Å²) in [4.78, 5) is 27.6. The van der Waals surface area contributed by atoms with Gasteiger partial charge in [0.25, 0.3) is 5.91 Å². The van der Waals surface area contributed by atoms with E-state index in [0.29, 0.717) is 13.0 Å². The topological polar surface area (TPSA) is 57.6 Å². The van der Waals surface area contributed by atoms with E-state index >= 15 is 0 Å². The van der Waals surface area contributed by atoms with E-state index in [4.69, 9.17) is 0 Å². The van der Waals surface area contributed by atoms with Crippen molar-refractivity contribution in [2.75, 3.05) is 6.54 Å². The molecule has 21 heavy (non-hydrogen) atoms. The Morgan fingerprint density at radius 2 is 2.19 bits per heavy atom. The van der Waals surface area contributed by atoms with E-state index in [1.54, 1.807) is 4.90 Å². The molecule has 1 aliphatic heterocycles. The van der Waals surface area contributed by atoms with E-state index in [-0.39, 0.29) is 11.9 Å². The van der Waals surface area contributed by atoms with E-state index < -0.39 is 11.9 Å². The number of likely N-dealkylation sites (tertiary alicyclic amines) is 1. The Balaban J connectivity index is 2.19. The van der Waals surface area contributed by atoms with Gasteiger partial charge in [0.1, 0.15) is 0 Å². The number of carbonyl (C=O) groups excluding carboxylic acids is 1. The summed E-state index contributed by atoms with van der Waals surface area (Å²) in [5.74, 6) is -1.25. The summed E-state index contributed by atoms with van der Waals surface area (Å²) < 4.78 is 0. The number of carboxylic acids is 1. The maximum Gasteiger partial charge on any atom is 0.308 e. The quantitative estimate of drug-likeness (QED) is 0.928. The van der Waals surface area contributed by atoms with Crippen LogP contribution in [-0.2, 0) is 11.2 Å². The number of hydrogen-bond acceptors (Lipinski definition) is 3. The number of aryl methyl sites for hydroxylation is 2. The van der Waals surface area contributed by atoms with Crippen LogP contribution in [0.1, 0.15) is 53.2 Å². The van der Waals surface area contributed by atoms with Crippen LogP contribution in [0.3, 0.4) is 0 Å². The number of carbonyl (C=O) groups is 2. The molecule has 116 valence electrons. The van der Waals surface area contributed by atoms with Gasteiger partial charge in [-0.05, 0) is 44.7 Å². The van der Waals surface area contributed by atoms with Gasteiger partial charge in [-0.25, -0.2) is 0 Å². The number of thiophene rings is 1. The van der Waals surface area contributed by atoms with Crippen LogP contribution in [0.15, 0.2) is 6.07 Å². The molecule has 1 saturated heterocycles. The number of piperidine rings is 1. The van der Waals surface area contributed by atoms with Crippen molar-refractivity contribution in [2.24, 2.45) is 5.92 Å². The van der Waals surface area contributed by atoms with Gasteiger partial charge in [-0.2, -0.15) is 0 Å². The zero-order valence-electron chi connectivity index (χ0n) is 12.9. The fraction of sp³-hybridized carbons (Fsp3) is 0.625. The first-order valence-electron chi connectivity index (χ1n) is 7.58. The van der Waals surface area contributed by atoms with Gasteiger partial charge in [0.2, 0.25) is 0 Å². The zero-order valence-corrected chi connectivity index (χ0v) is 13.7. The Morgan fingerprint density at radius 1 is 1.48 bits per heavy atom. The SMILES string of the molecule is CCCc1cc(C(=O)N2CCC[C@H](C(=O)O)[C@@H]2C)sc1C. The molecule has 1 amide bonds. The molecule has 0 radical (unpaired) electrons. The van der Waals surface area contributed by atoms with Gasteiger partial charge in [0.05, 0.1) is 10.8 Å². The van der Waals surface area contributed by atoms with Crippen molar-refractivity contribution in [2.45, 2.75) is 52.5 Å². The first-order chi connectivity index (χ1) is 9.95. The average molecular weight is 309 g/mol. The molecule has 2 atom stereocenters. The maximum atomic E-state index is 12.7. The average Bonchev–Trinajstić information content (AvgIpc) is 2.80. The predicted molar refractivity (Wildman–Crippen MR) is 83.9 cm³/mol. The van der Waals surface area contributed by atoms with Crippen molar-refractivity contribution in [3.63, 3.8) is 0 Å². The summed E-state index contributed by atoms with van der Waals surface area (Å²) >= 11 is 1.53. The smallest absolute Gasteiger partial charge is 0.308 e. The van der Waals surface area contributed by atoms with Crippen molar-refractivity contribution in [3.05, 3.63) is 21.4 Å². The van der Waals surface area contributed by atoms with Gasteiger partial charge in [0.15, 0.2) is 0 Å². The number of hydrogen-bond donors (Lipinski definition) is 1. The number of carboxylic acid groups (broad SMARTS) is 1. The molecular formula is C16H23NO3S. The molecule has 1 aromatic rings. The lowest BCUT2D eigenvalue weighted by atomic mass is 9.90. The van der Waals surface area contributed by atoms with Crippen LogP contribution in [0.25, 0.3) is 0 Å². The van der Waals surface area contributed by atoms with E-state index in [0.717, 1.165) is 24.1 Å². The van der Waals surface area contributed by atoms with Crippen molar-refractivity contribution in [3.8, 4) is 0 Å². The Bertz CT molecular complexity index is 538. The second-order valence-corrected chi connectivity index (χ2v) is 7.02. The molecule has 0 aromatic carbocycles. The highest BCUT2D eigenvalue weighted by Gasteiger charge is 2.36. The van der Waals surface area contributed by atoms with Crippen LogP contribution in [-0.4, -0.2) is 34.5 Å². The summed E-state index contributed by atoms with van der Waals surface area (Å²) in [6, 6.07) is 1.75. The highest BCUT2D eigenvalue weighted by Crippen LogP contribution is 2.29. The third-order valence-corrected chi connectivity index (χ3v) is 5.40. The van der Waals surface area contributed by atoms with Crippen molar-refractivity contribution >= 4 is 23.2 Å². The van der Waals surface area contributed by atoms with Crippen molar-refractivity contribution < 1.29 is 14.7 Å². The normalized spacial score (nSPS) is 22.3. The predicted octanol–water partition coefficient (Wildman–Crippen LogP) is 3.33. The maximum absolute atomic E-state index is 12.7. The summed E-state index contributed by atoms with van der Waals surface area (Å²) in [6.45, 7) is 6.68. The van der Waals surface area contributed by atoms with Crippen LogP contribution < -0.4 is 0 Å². The monoisotopic (exact) mass is 309 g/mol. The van der Waals surface area contributed by atoms with Crippen molar-refractivity contribution in [1.82, 2.24) is 4.90 Å². The molecule has 1 aliphatic rings. The van der Waals surface area contributed by atoms with Gasteiger partial charge >= 0.3 is 5.97 Å². The van der Waals surface area contributed by atoms with Gasteiger partial charge in [-0.3, -0.25) is 9.59 Å².